The van der Waals surface area contributed by atoms with Crippen LogP contribution in [0.4, 0.5) is 0 Å². The molecule has 1 aliphatic rings. The molecule has 1 aliphatic carbocycles. The van der Waals surface area contributed by atoms with E-state index in [0.29, 0.717) is 63.1 Å². The smallest absolute Gasteiger partial charge is 0.126 e. The molecule has 0 saturated heterocycles. The monoisotopic (exact) mass is 1010 g/mol. The van der Waals surface area contributed by atoms with Crippen LogP contribution in [0, 0.1) is 0 Å². The van der Waals surface area contributed by atoms with Crippen molar-refractivity contribution in [3.05, 3.63) is 186 Å². The van der Waals surface area contributed by atoms with E-state index in [0.717, 1.165) is 55.6 Å². The van der Waals surface area contributed by atoms with Gasteiger partial charge in [-0.15, -0.1) is 0 Å². The van der Waals surface area contributed by atoms with Crippen LogP contribution >= 0.6 is 0 Å². The minimum atomic E-state index is -0.297. The van der Waals surface area contributed by atoms with Gasteiger partial charge in [0.1, 0.15) is 41.1 Å². The minimum absolute atomic E-state index is 0.122. The molecule has 0 spiro atoms. The van der Waals surface area contributed by atoms with Gasteiger partial charge in [-0.25, -0.2) is 0 Å². The molecule has 0 aliphatic heterocycles. The maximum atomic E-state index is 12.7. The highest BCUT2D eigenvalue weighted by atomic mass is 16.5. The first-order valence-electron chi connectivity index (χ1n) is 27.1. The average Bonchev–Trinajstić information content (AvgIpc) is 3.27. The first kappa shape index (κ1) is 56.6. The van der Waals surface area contributed by atoms with Gasteiger partial charge in [0, 0.05) is 38.5 Å². The summed E-state index contributed by atoms with van der Waals surface area (Å²) in [6.45, 7) is 43.4. The van der Waals surface area contributed by atoms with Crippen LogP contribution < -0.4 is 4.74 Å². The summed E-state index contributed by atoms with van der Waals surface area (Å²) in [7, 11) is 0. The van der Waals surface area contributed by atoms with E-state index in [-0.39, 0.29) is 93.5 Å². The van der Waals surface area contributed by atoms with Crippen molar-refractivity contribution >= 4 is 0 Å². The summed E-state index contributed by atoms with van der Waals surface area (Å²) in [4.78, 5) is 0. The average molecular weight is 1010 g/mol. The van der Waals surface area contributed by atoms with E-state index in [1.54, 1.807) is 6.08 Å². The number of ether oxygens (including phenoxy) is 1. The minimum Gasteiger partial charge on any atom is -0.507 e. The summed E-state index contributed by atoms with van der Waals surface area (Å²) in [6, 6.07) is 25.2. The Bertz CT molecular complexity index is 2970. The van der Waals surface area contributed by atoms with E-state index < -0.39 is 0 Å². The fraction of sp³-hybridized carbons (Fsp3) is 0.449. The first-order chi connectivity index (χ1) is 34.4. The molecule has 0 fully saturated rings. The highest BCUT2D eigenvalue weighted by Crippen LogP contribution is 2.45. The van der Waals surface area contributed by atoms with Crippen molar-refractivity contribution in [1.82, 2.24) is 0 Å². The van der Waals surface area contributed by atoms with Gasteiger partial charge in [-0.1, -0.05) is 210 Å². The Morgan fingerprint density at radius 1 is 0.307 bits per heavy atom. The van der Waals surface area contributed by atoms with E-state index in [9.17, 15) is 25.5 Å². The zero-order chi connectivity index (χ0) is 55.7. The summed E-state index contributed by atoms with van der Waals surface area (Å²) in [5.41, 5.74) is 13.3. The van der Waals surface area contributed by atoms with Crippen molar-refractivity contribution in [1.29, 1.82) is 0 Å². The second kappa shape index (κ2) is 20.1. The quantitative estimate of drug-likeness (QED) is 0.113. The number of rotatable bonds is 3. The second-order valence-corrected chi connectivity index (χ2v) is 28.0. The molecule has 0 amide bonds. The molecule has 5 N–H and O–H groups in total. The standard InChI is InChI=1S/C69H88O6/c1-20-21-75-63-50-26-48-36-55(67(11,12)13)34-46(61(48)73)24-44-32-53(65(5,6)7)30-42(59(44)71)22-40-28-52(64(2,3)4)29-41(58(40)70)23-43-31-54(66(8,9)10)33-45(60(43)72)25-47-35-56(68(14,15)16)37-49(62(47)74)27-51(63)39-57(38-50)69(17,18)19/h20,28-39,70-74H,1,21-27H2,2-19H3. The molecule has 0 saturated carbocycles. The van der Waals surface area contributed by atoms with Crippen LogP contribution in [-0.4, -0.2) is 32.1 Å². The predicted molar refractivity (Wildman–Crippen MR) is 312 cm³/mol. The summed E-state index contributed by atoms with van der Waals surface area (Å²) in [6.07, 6.45) is 3.45. The Labute approximate surface area is 450 Å². The normalized spacial score (nSPS) is 14.1. The zero-order valence-electron chi connectivity index (χ0n) is 48.8. The molecule has 7 rings (SSSR count). The van der Waals surface area contributed by atoms with Crippen LogP contribution in [0.25, 0.3) is 0 Å². The Morgan fingerprint density at radius 2 is 0.453 bits per heavy atom. The van der Waals surface area contributed by atoms with Crippen molar-refractivity contribution in [2.45, 2.75) is 196 Å². The van der Waals surface area contributed by atoms with Crippen LogP contribution in [0.15, 0.2) is 85.5 Å². The van der Waals surface area contributed by atoms with E-state index >= 15 is 0 Å². The fourth-order valence-corrected chi connectivity index (χ4v) is 10.3. The van der Waals surface area contributed by atoms with Gasteiger partial charge in [0.25, 0.3) is 0 Å². The maximum Gasteiger partial charge on any atom is 0.126 e. The molecule has 400 valence electrons. The molecule has 0 aromatic heterocycles. The molecule has 0 atom stereocenters. The molecular weight excluding hydrogens is 925 g/mol. The number of aromatic hydroxyl groups is 5. The lowest BCUT2D eigenvalue weighted by Crippen LogP contribution is -2.16. The third-order valence-electron chi connectivity index (χ3n) is 15.4. The molecule has 6 heteroatoms. The van der Waals surface area contributed by atoms with Crippen LogP contribution in [0.2, 0.25) is 0 Å². The van der Waals surface area contributed by atoms with E-state index in [1.165, 1.54) is 0 Å². The van der Waals surface area contributed by atoms with E-state index in [4.69, 9.17) is 4.74 Å². The lowest BCUT2D eigenvalue weighted by atomic mass is 9.79. The van der Waals surface area contributed by atoms with Crippen LogP contribution in [0.1, 0.15) is 225 Å². The highest BCUT2D eigenvalue weighted by molar-refractivity contribution is 5.60. The molecule has 0 unspecified atom stereocenters. The van der Waals surface area contributed by atoms with Crippen LogP contribution in [0.3, 0.4) is 0 Å². The first-order valence-corrected chi connectivity index (χ1v) is 27.1. The van der Waals surface area contributed by atoms with E-state index in [1.807, 2.05) is 0 Å². The van der Waals surface area contributed by atoms with Crippen molar-refractivity contribution in [2.75, 3.05) is 6.61 Å². The molecule has 75 heavy (non-hydrogen) atoms. The summed E-state index contributed by atoms with van der Waals surface area (Å²) < 4.78 is 6.73. The lowest BCUT2D eigenvalue weighted by molar-refractivity contribution is 0.355. The molecule has 0 radical (unpaired) electrons. The van der Waals surface area contributed by atoms with E-state index in [2.05, 4.69) is 204 Å². The third-order valence-corrected chi connectivity index (χ3v) is 15.4. The Balaban J connectivity index is 1.61. The summed E-state index contributed by atoms with van der Waals surface area (Å²) in [5, 5.41) is 63.0. The van der Waals surface area contributed by atoms with Gasteiger partial charge >= 0.3 is 0 Å². The van der Waals surface area contributed by atoms with Gasteiger partial charge in [-0.05, 0) is 133 Å². The highest BCUT2D eigenvalue weighted by Gasteiger charge is 2.30. The van der Waals surface area contributed by atoms with Gasteiger partial charge in [-0.3, -0.25) is 0 Å². The number of fused-ring (bicyclic) bond motifs is 12. The fourth-order valence-electron chi connectivity index (χ4n) is 10.3. The number of phenolic OH excluding ortho intramolecular Hbond substituents is 5. The molecule has 6 aromatic rings. The van der Waals surface area contributed by atoms with Crippen LogP contribution in [0.5, 0.6) is 34.5 Å². The van der Waals surface area contributed by atoms with Crippen molar-refractivity contribution in [3.8, 4) is 34.5 Å². The molecule has 0 heterocycles. The largest absolute Gasteiger partial charge is 0.507 e. The second-order valence-electron chi connectivity index (χ2n) is 28.0. The van der Waals surface area contributed by atoms with Crippen molar-refractivity contribution < 1.29 is 30.3 Å². The zero-order valence-corrected chi connectivity index (χ0v) is 48.8. The van der Waals surface area contributed by atoms with Crippen molar-refractivity contribution in [2.24, 2.45) is 0 Å². The Hall–Kier alpha value is -6.14. The number of phenols is 5. The third kappa shape index (κ3) is 12.4. The molecule has 12 bridgehead atoms. The Kier molecular flexibility index (Phi) is 15.2. The molecule has 6 aromatic carbocycles. The SMILES string of the molecule is C=CCOc1c2cc(C(C)(C)C)cc1Cc1cc(C(C)(C)C)cc(c1O)Cc1cc(C(C)(C)C)cc(c1O)Cc1cc(C(C)(C)C)cc(c1O)Cc1cc(C(C)(C)C)cc(c1O)Cc1cc(C(C)(C)C)cc(c1O)C2. The number of hydrogen-bond donors (Lipinski definition) is 5. The van der Waals surface area contributed by atoms with Gasteiger partial charge in [-0.2, -0.15) is 0 Å². The predicted octanol–water partition coefficient (Wildman–Crippen LogP) is 16.4. The molecular formula is C69H88O6. The van der Waals surface area contributed by atoms with Gasteiger partial charge < -0.3 is 30.3 Å². The topological polar surface area (TPSA) is 110 Å². The molecule has 6 nitrogen and oxygen atoms in total. The summed E-state index contributed by atoms with van der Waals surface area (Å²) in [5.74, 6) is 1.40. The van der Waals surface area contributed by atoms with Gasteiger partial charge in [0.05, 0.1) is 0 Å². The number of benzene rings is 6. The summed E-state index contributed by atoms with van der Waals surface area (Å²) >= 11 is 0. The maximum absolute atomic E-state index is 12.7. The van der Waals surface area contributed by atoms with Gasteiger partial charge in [0.15, 0.2) is 0 Å². The van der Waals surface area contributed by atoms with Crippen molar-refractivity contribution in [3.63, 3.8) is 0 Å². The lowest BCUT2D eigenvalue weighted by Gasteiger charge is -2.27. The van der Waals surface area contributed by atoms with Crippen LogP contribution in [-0.2, 0) is 71.0 Å². The van der Waals surface area contributed by atoms with Gasteiger partial charge in [0.2, 0.25) is 0 Å². The Morgan fingerprint density at radius 3 is 0.600 bits per heavy atom. The number of hydrogen-bond acceptors (Lipinski definition) is 6.